The third-order valence-electron chi connectivity index (χ3n) is 13.8. The summed E-state index contributed by atoms with van der Waals surface area (Å²) in [7, 11) is 7.46. The van der Waals surface area contributed by atoms with Crippen molar-refractivity contribution >= 4 is 46.4 Å². The number of aromatic nitrogens is 3. The highest BCUT2D eigenvalue weighted by Gasteiger charge is 2.42. The number of amides is 4. The number of thiazole rings is 1. The van der Waals surface area contributed by atoms with Gasteiger partial charge in [0, 0.05) is 86.4 Å². The maximum atomic E-state index is 14.8. The minimum atomic E-state index is -1.16. The molecule has 6 bridgehead atoms. The van der Waals surface area contributed by atoms with Gasteiger partial charge < -0.3 is 38.9 Å². The standard InChI is InChI=1S/C50H71N9O6S/c1-11-58-41-19-18-34-24-37(41)38(45(58)36-17-14-21-51-43(36)33(4)64-10)26-49(5,6)30-65-31-50(29-60)20-15-23-59(54-50)47(62)39(25-42-52-40(34)28-66-42)53-46(61)44(32(2)3)56(9)48(63)57-22-13-12-16-35(27-57)55(7)8/h14,17-19,21,24,28-29,32-33,35,39,44,54H,11-13,15-16,20,22-23,25-27,30-31H2,1-10H3,(H,53,61)/t33-,35-,39-,44-,50?/m0/s1. The van der Waals surface area contributed by atoms with Crippen molar-refractivity contribution in [2.24, 2.45) is 11.3 Å². The molecule has 66 heavy (non-hydrogen) atoms. The first kappa shape index (κ1) is 49.2. The lowest BCUT2D eigenvalue weighted by molar-refractivity contribution is -0.147. The number of rotatable bonds is 10. The van der Waals surface area contributed by atoms with E-state index in [1.165, 1.54) is 21.2 Å². The van der Waals surface area contributed by atoms with Crippen LogP contribution in [0.3, 0.4) is 0 Å². The quantitative estimate of drug-likeness (QED) is 0.164. The van der Waals surface area contributed by atoms with E-state index in [1.54, 1.807) is 14.2 Å². The molecule has 0 saturated carbocycles. The van der Waals surface area contributed by atoms with Crippen LogP contribution >= 0.6 is 11.3 Å². The molecule has 6 heterocycles. The number of pyridine rings is 1. The van der Waals surface area contributed by atoms with E-state index in [-0.39, 0.29) is 43.0 Å². The zero-order valence-corrected chi connectivity index (χ0v) is 41.5. The lowest BCUT2D eigenvalue weighted by Crippen LogP contribution is -2.66. The predicted octanol–water partition coefficient (Wildman–Crippen LogP) is 6.74. The summed E-state index contributed by atoms with van der Waals surface area (Å²) in [4.78, 5) is 72.2. The molecule has 3 aliphatic rings. The number of hydrogen-bond acceptors (Lipinski definition) is 11. The van der Waals surface area contributed by atoms with Crippen LogP contribution in [0.2, 0.25) is 0 Å². The number of fused-ring (bicyclic) bond motifs is 6. The Bertz CT molecular complexity index is 2380. The molecule has 1 unspecified atom stereocenters. The molecule has 4 amide bonds. The summed E-state index contributed by atoms with van der Waals surface area (Å²) in [5, 5.41) is 8.34. The first-order valence-corrected chi connectivity index (χ1v) is 24.6. The SMILES string of the molecule is CCn1c(-c2cccnc2[C@H](C)OC)c2c3cc(ccc31)-c1csc(n1)C[C@H](NC(=O)[C@H](C(C)C)N(C)C(=O)N1CCCC[C@H](N(C)C)C1)C(=O)N1CCCC(C=O)(COCC(C)(C)C2)N1. The van der Waals surface area contributed by atoms with Crippen molar-refractivity contribution in [2.45, 2.75) is 123 Å². The minimum absolute atomic E-state index is 0.0515. The zero-order chi connectivity index (χ0) is 47.5. The number of methoxy groups -OCH3 is 1. The number of hydrazine groups is 1. The Balaban J connectivity index is 1.28. The summed E-state index contributed by atoms with van der Waals surface area (Å²) in [5.74, 6) is -1.07. The molecule has 2 fully saturated rings. The maximum absolute atomic E-state index is 14.8. The van der Waals surface area contributed by atoms with Crippen molar-refractivity contribution < 1.29 is 28.7 Å². The van der Waals surface area contributed by atoms with E-state index in [1.807, 2.05) is 57.4 Å². The van der Waals surface area contributed by atoms with Crippen molar-refractivity contribution in [2.75, 3.05) is 61.1 Å². The van der Waals surface area contributed by atoms with Crippen LogP contribution in [-0.4, -0.2) is 143 Å². The molecule has 0 radical (unpaired) electrons. The van der Waals surface area contributed by atoms with Gasteiger partial charge in [0.15, 0.2) is 0 Å². The van der Waals surface area contributed by atoms with Gasteiger partial charge in [-0.3, -0.25) is 19.6 Å². The number of carbonyl (C=O) groups is 4. The molecule has 7 rings (SSSR count). The highest BCUT2D eigenvalue weighted by Crippen LogP contribution is 2.42. The van der Waals surface area contributed by atoms with Gasteiger partial charge in [-0.25, -0.2) is 15.2 Å². The fraction of sp³-hybridized carbons (Fsp3) is 0.600. The summed E-state index contributed by atoms with van der Waals surface area (Å²) in [6.45, 7) is 15.0. The molecule has 0 spiro atoms. The van der Waals surface area contributed by atoms with Crippen molar-refractivity contribution in [3.8, 4) is 22.5 Å². The van der Waals surface area contributed by atoms with Crippen LogP contribution in [0.25, 0.3) is 33.4 Å². The largest absolute Gasteiger partial charge is 0.378 e. The molecular weight excluding hydrogens is 855 g/mol. The minimum Gasteiger partial charge on any atom is -0.378 e. The van der Waals surface area contributed by atoms with Crippen molar-refractivity contribution in [1.82, 2.24) is 45.0 Å². The number of aldehydes is 1. The number of ether oxygens (including phenoxy) is 2. The molecule has 2 N–H and O–H groups in total. The number of aryl methyl sites for hydroxylation is 1. The normalized spacial score (nSPS) is 22.8. The van der Waals surface area contributed by atoms with E-state index in [0.717, 1.165) is 76.8 Å². The van der Waals surface area contributed by atoms with E-state index in [0.29, 0.717) is 50.5 Å². The Kier molecular flexibility index (Phi) is 15.4. The summed E-state index contributed by atoms with van der Waals surface area (Å²) < 4.78 is 14.7. The maximum Gasteiger partial charge on any atom is 0.320 e. The van der Waals surface area contributed by atoms with Gasteiger partial charge in [-0.15, -0.1) is 11.3 Å². The number of likely N-dealkylation sites (tertiary alicyclic amines) is 1. The number of hydrogen-bond donors (Lipinski definition) is 2. The van der Waals surface area contributed by atoms with Crippen LogP contribution in [0.5, 0.6) is 0 Å². The van der Waals surface area contributed by atoms with Crippen molar-refractivity contribution in [3.63, 3.8) is 0 Å². The van der Waals surface area contributed by atoms with Crippen LogP contribution in [0, 0.1) is 11.3 Å². The molecule has 3 aliphatic heterocycles. The predicted molar refractivity (Wildman–Crippen MR) is 259 cm³/mol. The van der Waals surface area contributed by atoms with Crippen molar-refractivity contribution in [1.29, 1.82) is 0 Å². The molecule has 2 saturated heterocycles. The fourth-order valence-electron chi connectivity index (χ4n) is 10.2. The third-order valence-corrected chi connectivity index (χ3v) is 14.7. The van der Waals surface area contributed by atoms with Gasteiger partial charge in [-0.2, -0.15) is 0 Å². The first-order chi connectivity index (χ1) is 31.5. The number of likely N-dealkylation sites (N-methyl/N-ethyl adjacent to an activating group) is 2. The van der Waals surface area contributed by atoms with E-state index < -0.39 is 28.9 Å². The van der Waals surface area contributed by atoms with Crippen LogP contribution < -0.4 is 10.7 Å². The van der Waals surface area contributed by atoms with E-state index >= 15 is 0 Å². The number of nitrogens with zero attached hydrogens (tertiary/aromatic N) is 7. The Hall–Kier alpha value is -4.74. The van der Waals surface area contributed by atoms with E-state index in [2.05, 4.69) is 65.2 Å². The van der Waals surface area contributed by atoms with Crippen LogP contribution in [0.4, 0.5) is 4.79 Å². The lowest BCUT2D eigenvalue weighted by Gasteiger charge is -2.42. The summed E-state index contributed by atoms with van der Waals surface area (Å²) in [5.41, 5.74) is 8.61. The highest BCUT2D eigenvalue weighted by molar-refractivity contribution is 7.10. The second-order valence-corrected chi connectivity index (χ2v) is 20.9. The average Bonchev–Trinajstić information content (AvgIpc) is 3.78. The second kappa shape index (κ2) is 20.6. The smallest absolute Gasteiger partial charge is 0.320 e. The summed E-state index contributed by atoms with van der Waals surface area (Å²) in [6.07, 6.45) is 7.14. The molecular formula is C50H71N9O6S. The van der Waals surface area contributed by atoms with Crippen LogP contribution in [0.1, 0.15) is 96.0 Å². The monoisotopic (exact) mass is 926 g/mol. The Morgan fingerprint density at radius 3 is 2.61 bits per heavy atom. The van der Waals surface area contributed by atoms with Gasteiger partial charge >= 0.3 is 6.03 Å². The molecule has 4 aromatic rings. The van der Waals surface area contributed by atoms with Crippen LogP contribution in [-0.2, 0) is 43.2 Å². The molecule has 358 valence electrons. The molecule has 15 nitrogen and oxygen atoms in total. The molecule has 16 heteroatoms. The number of urea groups is 1. The van der Waals surface area contributed by atoms with Gasteiger partial charge in [0.05, 0.1) is 41.4 Å². The van der Waals surface area contributed by atoms with E-state index in [9.17, 15) is 19.2 Å². The number of carbonyl (C=O) groups excluding carboxylic acids is 4. The molecule has 3 aromatic heterocycles. The third kappa shape index (κ3) is 10.4. The summed E-state index contributed by atoms with van der Waals surface area (Å²) >= 11 is 1.44. The van der Waals surface area contributed by atoms with E-state index in [4.69, 9.17) is 19.4 Å². The first-order valence-electron chi connectivity index (χ1n) is 23.7. The zero-order valence-electron chi connectivity index (χ0n) is 40.7. The average molecular weight is 926 g/mol. The van der Waals surface area contributed by atoms with Crippen LogP contribution in [0.15, 0.2) is 41.9 Å². The highest BCUT2D eigenvalue weighted by atomic mass is 32.1. The van der Waals surface area contributed by atoms with Crippen molar-refractivity contribution in [3.05, 3.63) is 58.2 Å². The van der Waals surface area contributed by atoms with Gasteiger partial charge in [-0.1, -0.05) is 40.2 Å². The Labute approximate surface area is 394 Å². The lowest BCUT2D eigenvalue weighted by atomic mass is 9.84. The second-order valence-electron chi connectivity index (χ2n) is 20.0. The van der Waals surface area contributed by atoms with Gasteiger partial charge in [0.25, 0.3) is 5.91 Å². The van der Waals surface area contributed by atoms with Gasteiger partial charge in [0.1, 0.15) is 23.9 Å². The molecule has 0 aliphatic carbocycles. The summed E-state index contributed by atoms with van der Waals surface area (Å²) in [6, 6.07) is 8.68. The number of nitrogens with one attached hydrogen (secondary N) is 2. The Morgan fingerprint density at radius 2 is 1.89 bits per heavy atom. The van der Waals surface area contributed by atoms with Gasteiger partial charge in [0.2, 0.25) is 5.91 Å². The fourth-order valence-corrected chi connectivity index (χ4v) is 11.0. The Morgan fingerprint density at radius 1 is 1.11 bits per heavy atom. The molecule has 5 atom stereocenters. The molecule has 1 aromatic carbocycles. The number of benzene rings is 1. The van der Waals surface area contributed by atoms with Gasteiger partial charge in [-0.05, 0) is 101 Å². The topological polar surface area (TPSA) is 154 Å².